The van der Waals surface area contributed by atoms with Gasteiger partial charge in [0.1, 0.15) is 22.9 Å². The van der Waals surface area contributed by atoms with Gasteiger partial charge in [-0.2, -0.15) is 0 Å². The zero-order chi connectivity index (χ0) is 18.1. The maximum absolute atomic E-state index is 10.3. The zero-order valence-electron chi connectivity index (χ0n) is 14.3. The summed E-state index contributed by atoms with van der Waals surface area (Å²) < 4.78 is 2.00. The van der Waals surface area contributed by atoms with Gasteiger partial charge in [0.25, 0.3) is 0 Å². The molecule has 4 rings (SSSR count). The molecule has 0 saturated carbocycles. The number of fused-ring (bicyclic) bond motifs is 1. The van der Waals surface area contributed by atoms with Crippen LogP contribution in [0.5, 0.6) is 5.75 Å². The van der Waals surface area contributed by atoms with Crippen LogP contribution in [0, 0.1) is 6.92 Å². The van der Waals surface area contributed by atoms with Crippen molar-refractivity contribution in [1.29, 1.82) is 0 Å². The van der Waals surface area contributed by atoms with Crippen LogP contribution < -0.4 is 5.32 Å². The Labute approximate surface area is 156 Å². The molecule has 2 aromatic carbocycles. The highest BCUT2D eigenvalue weighted by Gasteiger charge is 2.16. The molecule has 0 aliphatic rings. The first-order valence-electron chi connectivity index (χ1n) is 8.37. The molecule has 4 aromatic rings. The van der Waals surface area contributed by atoms with Gasteiger partial charge in [0.05, 0.1) is 0 Å². The van der Waals surface area contributed by atoms with Gasteiger partial charge < -0.3 is 10.4 Å². The maximum Gasteiger partial charge on any atom is 0.139 e. The number of rotatable bonds is 4. The normalized spacial score (nSPS) is 11.0. The molecule has 0 saturated heterocycles. The third kappa shape index (κ3) is 3.11. The summed E-state index contributed by atoms with van der Waals surface area (Å²) in [6.07, 6.45) is 1.99. The number of aromatic hydroxyl groups is 1. The fraction of sp³-hybridized carbons (Fsp3) is 0.0952. The van der Waals surface area contributed by atoms with Gasteiger partial charge in [-0.15, -0.1) is 0 Å². The Bertz CT molecular complexity index is 1090. The summed E-state index contributed by atoms with van der Waals surface area (Å²) in [7, 11) is 0. The average Bonchev–Trinajstić information content (AvgIpc) is 2.97. The summed E-state index contributed by atoms with van der Waals surface area (Å²) in [6.45, 7) is 2.64. The summed E-state index contributed by atoms with van der Waals surface area (Å²) in [6, 6.07) is 19.0. The highest BCUT2D eigenvalue weighted by Crippen LogP contribution is 2.34. The van der Waals surface area contributed by atoms with E-state index in [1.807, 2.05) is 66.1 Å². The fourth-order valence-corrected chi connectivity index (χ4v) is 3.22. The summed E-state index contributed by atoms with van der Waals surface area (Å²) in [5.41, 5.74) is 4.45. The topological polar surface area (TPSA) is 49.6 Å². The first kappa shape index (κ1) is 16.5. The van der Waals surface area contributed by atoms with Crippen LogP contribution in [-0.4, -0.2) is 14.5 Å². The van der Waals surface area contributed by atoms with E-state index in [1.54, 1.807) is 12.1 Å². The van der Waals surface area contributed by atoms with E-state index in [0.717, 1.165) is 28.3 Å². The summed E-state index contributed by atoms with van der Waals surface area (Å²) >= 11 is 6.09. The number of nitrogens with one attached hydrogen (secondary N) is 1. The van der Waals surface area contributed by atoms with Crippen LogP contribution in [0.2, 0.25) is 5.02 Å². The summed E-state index contributed by atoms with van der Waals surface area (Å²) in [5.74, 6) is 1.04. The molecule has 0 fully saturated rings. The Morgan fingerprint density at radius 3 is 2.73 bits per heavy atom. The molecular formula is C21H18ClN3O. The minimum absolute atomic E-state index is 0.207. The van der Waals surface area contributed by atoms with Gasteiger partial charge in [0.15, 0.2) is 0 Å². The van der Waals surface area contributed by atoms with E-state index < -0.39 is 0 Å². The molecule has 4 nitrogen and oxygen atoms in total. The molecule has 0 atom stereocenters. The van der Waals surface area contributed by atoms with Crippen LogP contribution in [0.25, 0.3) is 16.9 Å². The minimum Gasteiger partial charge on any atom is -0.507 e. The van der Waals surface area contributed by atoms with E-state index in [0.29, 0.717) is 17.1 Å². The number of phenols is 1. The molecule has 2 aromatic heterocycles. The lowest BCUT2D eigenvalue weighted by atomic mass is 10.1. The molecule has 0 spiro atoms. The predicted molar refractivity (Wildman–Crippen MR) is 106 cm³/mol. The Hall–Kier alpha value is -2.98. The fourth-order valence-electron chi connectivity index (χ4n) is 3.01. The van der Waals surface area contributed by atoms with Gasteiger partial charge in [-0.25, -0.2) is 4.98 Å². The number of imidazole rings is 1. The number of halogens is 1. The maximum atomic E-state index is 10.3. The van der Waals surface area contributed by atoms with Crippen molar-refractivity contribution in [2.45, 2.75) is 13.5 Å². The third-order valence-corrected chi connectivity index (χ3v) is 4.52. The Balaban J connectivity index is 1.81. The third-order valence-electron chi connectivity index (χ3n) is 4.29. The van der Waals surface area contributed by atoms with Crippen molar-refractivity contribution in [3.05, 3.63) is 83.0 Å². The molecule has 0 unspecified atom stereocenters. The van der Waals surface area contributed by atoms with Gasteiger partial charge >= 0.3 is 0 Å². The van der Waals surface area contributed by atoms with Gasteiger partial charge in [0, 0.05) is 23.3 Å². The molecule has 2 heterocycles. The van der Waals surface area contributed by atoms with E-state index >= 15 is 0 Å². The molecule has 5 heteroatoms. The highest BCUT2D eigenvalue weighted by atomic mass is 35.5. The van der Waals surface area contributed by atoms with Gasteiger partial charge in [-0.05, 0) is 54.4 Å². The van der Waals surface area contributed by atoms with Crippen LogP contribution in [0.4, 0.5) is 5.82 Å². The number of aromatic nitrogens is 2. The molecule has 0 radical (unpaired) electrons. The Morgan fingerprint density at radius 1 is 1.08 bits per heavy atom. The number of hydrogen-bond donors (Lipinski definition) is 2. The monoisotopic (exact) mass is 363 g/mol. The number of nitrogens with zero attached hydrogens (tertiary/aromatic N) is 2. The van der Waals surface area contributed by atoms with E-state index in [9.17, 15) is 5.11 Å². The molecule has 0 bridgehead atoms. The second kappa shape index (κ2) is 6.73. The molecule has 26 heavy (non-hydrogen) atoms. The standard InChI is InChI=1S/C21H18ClN3O/c1-14-9-10-25-19(11-14)24-20(17-7-2-3-8-18(17)26)21(25)23-13-15-5-4-6-16(22)12-15/h2-12,23,26H,13H2,1H3. The summed E-state index contributed by atoms with van der Waals surface area (Å²) in [4.78, 5) is 4.75. The molecule has 0 aliphatic heterocycles. The first-order valence-corrected chi connectivity index (χ1v) is 8.75. The number of hydrogen-bond acceptors (Lipinski definition) is 3. The van der Waals surface area contributed by atoms with E-state index in [1.165, 1.54) is 0 Å². The second-order valence-electron chi connectivity index (χ2n) is 6.24. The molecular weight excluding hydrogens is 346 g/mol. The molecule has 2 N–H and O–H groups in total. The largest absolute Gasteiger partial charge is 0.507 e. The molecule has 0 amide bonds. The van der Waals surface area contributed by atoms with Gasteiger partial charge in [-0.3, -0.25) is 4.40 Å². The predicted octanol–water partition coefficient (Wildman–Crippen LogP) is 5.28. The smallest absolute Gasteiger partial charge is 0.139 e. The van der Waals surface area contributed by atoms with Gasteiger partial charge in [-0.1, -0.05) is 35.9 Å². The molecule has 0 aliphatic carbocycles. The lowest BCUT2D eigenvalue weighted by Crippen LogP contribution is -2.03. The van der Waals surface area contributed by atoms with Crippen LogP contribution in [-0.2, 0) is 6.54 Å². The van der Waals surface area contributed by atoms with Crippen molar-refractivity contribution >= 4 is 23.1 Å². The van der Waals surface area contributed by atoms with Crippen molar-refractivity contribution < 1.29 is 5.11 Å². The lowest BCUT2D eigenvalue weighted by molar-refractivity contribution is 0.477. The highest BCUT2D eigenvalue weighted by molar-refractivity contribution is 6.30. The van der Waals surface area contributed by atoms with Crippen LogP contribution in [0.1, 0.15) is 11.1 Å². The molecule has 130 valence electrons. The number of pyridine rings is 1. The van der Waals surface area contributed by atoms with Crippen LogP contribution >= 0.6 is 11.6 Å². The van der Waals surface area contributed by atoms with Crippen LogP contribution in [0.3, 0.4) is 0 Å². The van der Waals surface area contributed by atoms with E-state index in [-0.39, 0.29) is 5.75 Å². The number of aryl methyl sites for hydroxylation is 1. The summed E-state index contributed by atoms with van der Waals surface area (Å²) in [5, 5.41) is 14.5. The van der Waals surface area contributed by atoms with Crippen molar-refractivity contribution in [2.75, 3.05) is 5.32 Å². The van der Waals surface area contributed by atoms with Crippen molar-refractivity contribution in [3.8, 4) is 17.0 Å². The van der Waals surface area contributed by atoms with Crippen molar-refractivity contribution in [3.63, 3.8) is 0 Å². The average molecular weight is 364 g/mol. The quantitative estimate of drug-likeness (QED) is 0.518. The van der Waals surface area contributed by atoms with Crippen molar-refractivity contribution in [2.24, 2.45) is 0 Å². The Morgan fingerprint density at radius 2 is 1.92 bits per heavy atom. The van der Waals surface area contributed by atoms with E-state index in [2.05, 4.69) is 5.32 Å². The second-order valence-corrected chi connectivity index (χ2v) is 6.68. The zero-order valence-corrected chi connectivity index (χ0v) is 15.0. The Kier molecular flexibility index (Phi) is 4.27. The van der Waals surface area contributed by atoms with Crippen molar-refractivity contribution in [1.82, 2.24) is 9.38 Å². The van der Waals surface area contributed by atoms with E-state index in [4.69, 9.17) is 16.6 Å². The number of para-hydroxylation sites is 1. The number of benzene rings is 2. The minimum atomic E-state index is 0.207. The lowest BCUT2D eigenvalue weighted by Gasteiger charge is -2.10. The SMILES string of the molecule is Cc1ccn2c(NCc3cccc(Cl)c3)c(-c3ccccc3O)nc2c1. The number of phenolic OH excluding ortho intramolecular Hbond substituents is 1. The number of anilines is 1. The first-order chi connectivity index (χ1) is 12.6. The van der Waals surface area contributed by atoms with Crippen LogP contribution in [0.15, 0.2) is 66.9 Å². The van der Waals surface area contributed by atoms with Gasteiger partial charge in [0.2, 0.25) is 0 Å².